The zero-order valence-electron chi connectivity index (χ0n) is 9.54. The van der Waals surface area contributed by atoms with E-state index in [2.05, 4.69) is 27.2 Å². The molecule has 0 spiro atoms. The van der Waals surface area contributed by atoms with E-state index >= 15 is 0 Å². The first-order valence-electron chi connectivity index (χ1n) is 2.58. The van der Waals surface area contributed by atoms with Gasteiger partial charge in [0, 0.05) is 0 Å². The van der Waals surface area contributed by atoms with E-state index in [-0.39, 0.29) is 154 Å². The first kappa shape index (κ1) is 63.5. The van der Waals surface area contributed by atoms with Gasteiger partial charge in [-0.1, -0.05) is 0 Å². The minimum absolute atomic E-state index is 0. The van der Waals surface area contributed by atoms with Crippen molar-refractivity contribution < 1.29 is 212 Å². The molecule has 0 aromatic carbocycles. The van der Waals surface area contributed by atoms with E-state index in [1.165, 1.54) is 0 Å². The third-order valence-corrected chi connectivity index (χ3v) is 0. The Kier molecular flexibility index (Phi) is 162. The van der Waals surface area contributed by atoms with E-state index in [1.807, 2.05) is 0 Å². The quantitative estimate of drug-likeness (QED) is 0.125. The van der Waals surface area contributed by atoms with E-state index < -0.39 is 18.1 Å². The van der Waals surface area contributed by atoms with Crippen LogP contribution in [0.15, 0.2) is 0 Å². The SMILES string of the molecule is [CH-]=O.[CH-]=O.[CH-]=O.[CH-]=O.[O-][Si]([O-])([O-])[O-].[O-][Si]([O-])([O-])[O-].[Tb+3].[Tb+3].[Tb+3].[Tb+3]. The molecular formula is C4H4O12Si2Tb4. The molecular weight excluding hydrogens is 932 g/mol. The Morgan fingerprint density at radius 3 is 0.364 bits per heavy atom. The second-order valence-corrected chi connectivity index (χ2v) is 3.00. The standard InChI is InChI=1S/4CHO.2O4Si.4Tb/c4*1-2;2*1-5(2,3)4;;;;/h4*1H;;;;;;/q4*-1;2*-4;4*+3. The van der Waals surface area contributed by atoms with Gasteiger partial charge in [0.25, 0.3) is 0 Å². The molecule has 0 amide bonds. The molecule has 18 heteroatoms. The van der Waals surface area contributed by atoms with Gasteiger partial charge in [-0.05, 0) is 0 Å². The predicted molar refractivity (Wildman–Crippen MR) is 38.5 cm³/mol. The zero-order chi connectivity index (χ0) is 17.0. The van der Waals surface area contributed by atoms with Crippen molar-refractivity contribution in [3.8, 4) is 0 Å². The topological polar surface area (TPSA) is 253 Å². The summed E-state index contributed by atoms with van der Waals surface area (Å²) in [7, 11) is -11.2. The minimum Gasteiger partial charge on any atom is -0.894 e. The van der Waals surface area contributed by atoms with Crippen LogP contribution >= 0.6 is 0 Å². The monoisotopic (exact) mass is 936 g/mol. The molecule has 0 aromatic rings. The average molecular weight is 936 g/mol. The van der Waals surface area contributed by atoms with Crippen LogP contribution in [0.1, 0.15) is 0 Å². The number of hydrogen-bond donors (Lipinski definition) is 0. The van der Waals surface area contributed by atoms with Crippen LogP contribution in [0.4, 0.5) is 0 Å². The van der Waals surface area contributed by atoms with Crippen LogP contribution in [0.2, 0.25) is 0 Å². The molecule has 0 aliphatic carbocycles. The van der Waals surface area contributed by atoms with Crippen molar-refractivity contribution in [1.29, 1.82) is 0 Å². The third kappa shape index (κ3) is 813. The van der Waals surface area contributed by atoms with Crippen LogP contribution in [0.5, 0.6) is 0 Å². The van der Waals surface area contributed by atoms with Crippen LogP contribution in [0, 0.1) is 154 Å². The second-order valence-electron chi connectivity index (χ2n) is 1.00. The fourth-order valence-corrected chi connectivity index (χ4v) is 0. The van der Waals surface area contributed by atoms with Crippen LogP contribution in [0.3, 0.4) is 0 Å². The largest absolute Gasteiger partial charge is 3.00 e. The molecule has 0 unspecified atom stereocenters. The molecule has 0 saturated carbocycles. The summed E-state index contributed by atoms with van der Waals surface area (Å²) in [5.74, 6) is 0. The van der Waals surface area contributed by atoms with E-state index in [9.17, 15) is 0 Å². The van der Waals surface area contributed by atoms with Gasteiger partial charge in [-0.25, -0.2) is 0 Å². The van der Waals surface area contributed by atoms with Gasteiger partial charge in [0.2, 0.25) is 0 Å². The predicted octanol–water partition coefficient (Wildman–Crippen LogP) is -11.4. The Morgan fingerprint density at radius 1 is 0.364 bits per heavy atom. The van der Waals surface area contributed by atoms with Crippen molar-refractivity contribution in [2.75, 3.05) is 0 Å². The summed E-state index contributed by atoms with van der Waals surface area (Å²) in [6, 6.07) is 0. The molecule has 0 atom stereocenters. The van der Waals surface area contributed by atoms with Crippen LogP contribution in [-0.4, -0.2) is 45.3 Å². The molecule has 12 nitrogen and oxygen atoms in total. The number of hydrogen-bond acceptors (Lipinski definition) is 12. The molecule has 0 radical (unpaired) electrons. The van der Waals surface area contributed by atoms with Crippen molar-refractivity contribution >= 4 is 45.3 Å². The fraction of sp³-hybridized carbons (Fsp3) is 0. The van der Waals surface area contributed by atoms with E-state index in [0.29, 0.717) is 0 Å². The van der Waals surface area contributed by atoms with Gasteiger partial charge in [-0.3, -0.25) is 27.2 Å². The molecule has 0 aromatic heterocycles. The summed E-state index contributed by atoms with van der Waals surface area (Å²) in [6.45, 7) is 13.0. The van der Waals surface area contributed by atoms with Gasteiger partial charge in [0.05, 0.1) is 0 Å². The fourth-order valence-electron chi connectivity index (χ4n) is 0. The summed E-state index contributed by atoms with van der Waals surface area (Å²) < 4.78 is 0. The molecule has 0 aliphatic heterocycles. The van der Waals surface area contributed by atoms with E-state index in [0.717, 1.165) is 0 Å². The second kappa shape index (κ2) is 56.3. The Bertz CT molecular complexity index is 114. The average Bonchev–Trinajstić information content (AvgIpc) is 2.24. The van der Waals surface area contributed by atoms with Crippen molar-refractivity contribution in [3.05, 3.63) is 0 Å². The minimum atomic E-state index is -5.61. The Hall–Kier alpha value is 3.94. The van der Waals surface area contributed by atoms with Gasteiger partial charge in [0.15, 0.2) is 0 Å². The van der Waals surface area contributed by atoms with E-state index in [1.54, 1.807) is 0 Å². The molecule has 0 saturated heterocycles. The van der Waals surface area contributed by atoms with Crippen molar-refractivity contribution in [2.45, 2.75) is 0 Å². The molecule has 0 heterocycles. The summed E-state index contributed by atoms with van der Waals surface area (Å²) in [4.78, 5) is 99.6. The van der Waals surface area contributed by atoms with Gasteiger partial charge >= 0.3 is 154 Å². The molecule has 136 valence electrons. The Balaban J connectivity index is -0.0000000101. The third-order valence-electron chi connectivity index (χ3n) is 0. The smallest absolute Gasteiger partial charge is 0.894 e. The zero-order valence-corrected chi connectivity index (χ0v) is 20.1. The van der Waals surface area contributed by atoms with Crippen LogP contribution in [-0.2, 0) is 19.2 Å². The molecule has 0 aliphatic rings. The van der Waals surface area contributed by atoms with Gasteiger partial charge < -0.3 is 75.6 Å². The van der Waals surface area contributed by atoms with Crippen LogP contribution < -0.4 is 38.4 Å². The summed E-state index contributed by atoms with van der Waals surface area (Å²) in [5.41, 5.74) is 0. The first-order valence-corrected chi connectivity index (χ1v) is 5.84. The number of rotatable bonds is 0. The number of carbonyl (C=O) groups excluding carboxylic acids is 4. The van der Waals surface area contributed by atoms with Gasteiger partial charge in [-0.15, -0.1) is 0 Å². The van der Waals surface area contributed by atoms with Crippen molar-refractivity contribution in [1.82, 2.24) is 0 Å². The molecule has 0 bridgehead atoms. The van der Waals surface area contributed by atoms with Crippen molar-refractivity contribution in [3.63, 3.8) is 0 Å². The van der Waals surface area contributed by atoms with Gasteiger partial charge in [0.1, 0.15) is 0 Å². The molecule has 0 fully saturated rings. The molecule has 22 heavy (non-hydrogen) atoms. The van der Waals surface area contributed by atoms with E-state index in [4.69, 9.17) is 57.5 Å². The van der Waals surface area contributed by atoms with Crippen molar-refractivity contribution in [2.24, 2.45) is 0 Å². The molecule has 0 N–H and O–H groups in total. The van der Waals surface area contributed by atoms with Crippen LogP contribution in [0.25, 0.3) is 0 Å². The Labute approximate surface area is 251 Å². The maximum atomic E-state index is 8.58. The maximum absolute atomic E-state index is 8.58. The Morgan fingerprint density at radius 2 is 0.364 bits per heavy atom. The maximum Gasteiger partial charge on any atom is 3.00 e. The van der Waals surface area contributed by atoms with Gasteiger partial charge in [-0.2, -0.15) is 0 Å². The molecule has 0 rings (SSSR count). The first-order chi connectivity index (χ1) is 8.00. The summed E-state index contributed by atoms with van der Waals surface area (Å²) in [6.07, 6.45) is 0. The summed E-state index contributed by atoms with van der Waals surface area (Å²) >= 11 is 0. The normalized spacial score (nSPS) is 6.18. The summed E-state index contributed by atoms with van der Waals surface area (Å²) in [5, 5.41) is 0.